The van der Waals surface area contributed by atoms with Crippen LogP contribution in [-0.4, -0.2) is 27.6 Å². The fourth-order valence-corrected chi connectivity index (χ4v) is 5.83. The summed E-state index contributed by atoms with van der Waals surface area (Å²) in [6.45, 7) is 0. The van der Waals surface area contributed by atoms with E-state index in [1.165, 1.54) is 12.6 Å². The second-order valence-corrected chi connectivity index (χ2v) is 9.04. The van der Waals surface area contributed by atoms with Crippen LogP contribution in [0.4, 0.5) is 0 Å². The molecule has 1 amide bonds. The zero-order valence-electron chi connectivity index (χ0n) is 15.5. The molecule has 1 aromatic carbocycles. The Morgan fingerprint density at radius 2 is 1.96 bits per heavy atom. The van der Waals surface area contributed by atoms with Gasteiger partial charge in [0.25, 0.3) is 5.91 Å². The van der Waals surface area contributed by atoms with Gasteiger partial charge in [-0.05, 0) is 74.1 Å². The third-order valence-electron chi connectivity index (χ3n) is 6.58. The van der Waals surface area contributed by atoms with E-state index in [0.29, 0.717) is 40.0 Å². The number of hydrogen-bond acceptors (Lipinski definition) is 4. The molecule has 5 atom stereocenters. The van der Waals surface area contributed by atoms with Crippen molar-refractivity contribution < 1.29 is 14.6 Å². The Morgan fingerprint density at radius 1 is 1.18 bits per heavy atom. The Kier molecular flexibility index (Phi) is 4.33. The average Bonchev–Trinajstić information content (AvgIpc) is 2.66. The van der Waals surface area contributed by atoms with E-state index in [1.54, 1.807) is 36.4 Å². The predicted molar refractivity (Wildman–Crippen MR) is 106 cm³/mol. The van der Waals surface area contributed by atoms with Crippen molar-refractivity contribution in [2.75, 3.05) is 0 Å². The van der Waals surface area contributed by atoms with Gasteiger partial charge in [0.15, 0.2) is 0 Å². The zero-order chi connectivity index (χ0) is 19.3. The number of halogens is 1. The summed E-state index contributed by atoms with van der Waals surface area (Å²) >= 11 is 5.85. The first-order chi connectivity index (χ1) is 13.5. The minimum absolute atomic E-state index is 0.157. The Balaban J connectivity index is 1.31. The first-order valence-corrected chi connectivity index (χ1v) is 10.3. The summed E-state index contributed by atoms with van der Waals surface area (Å²) in [7, 11) is 0. The van der Waals surface area contributed by atoms with Crippen LogP contribution in [0.3, 0.4) is 0 Å². The van der Waals surface area contributed by atoms with Gasteiger partial charge in [-0.1, -0.05) is 17.7 Å². The second-order valence-electron chi connectivity index (χ2n) is 8.61. The molecule has 6 rings (SSSR count). The zero-order valence-corrected chi connectivity index (χ0v) is 16.2. The van der Waals surface area contributed by atoms with Crippen LogP contribution in [0.25, 0.3) is 0 Å². The van der Waals surface area contributed by atoms with Gasteiger partial charge < -0.3 is 15.2 Å². The van der Waals surface area contributed by atoms with Gasteiger partial charge in [-0.2, -0.15) is 0 Å². The first kappa shape index (κ1) is 18.0. The number of amides is 1. The number of nitrogens with one attached hydrogen (secondary N) is 1. The smallest absolute Gasteiger partial charge is 0.251 e. The molecule has 2 aromatic rings. The minimum Gasteiger partial charge on any atom is -0.439 e. The number of hydrogen-bond donors (Lipinski definition) is 2. The lowest BCUT2D eigenvalue weighted by Crippen LogP contribution is -2.66. The molecule has 5 nitrogen and oxygen atoms in total. The molecular weight excluding hydrogens is 376 g/mol. The number of carbonyl (C=O) groups excluding carboxylic acids is 1. The fourth-order valence-electron chi connectivity index (χ4n) is 5.72. The molecule has 4 fully saturated rings. The molecular formula is C22H23ClN2O3. The lowest BCUT2D eigenvalue weighted by molar-refractivity contribution is -0.146. The largest absolute Gasteiger partial charge is 0.439 e. The van der Waals surface area contributed by atoms with Gasteiger partial charge >= 0.3 is 0 Å². The van der Waals surface area contributed by atoms with Gasteiger partial charge in [-0.25, -0.2) is 4.98 Å². The quantitative estimate of drug-likeness (QED) is 0.809. The van der Waals surface area contributed by atoms with Gasteiger partial charge in [-0.3, -0.25) is 4.79 Å². The lowest BCUT2D eigenvalue weighted by Gasteiger charge is -2.58. The van der Waals surface area contributed by atoms with Crippen molar-refractivity contribution in [1.82, 2.24) is 10.3 Å². The first-order valence-electron chi connectivity index (χ1n) is 9.91. The topological polar surface area (TPSA) is 71.5 Å². The molecule has 0 spiro atoms. The highest BCUT2D eigenvalue weighted by Gasteiger charge is 2.56. The molecule has 4 aliphatic rings. The third-order valence-corrected chi connectivity index (χ3v) is 6.80. The molecule has 0 saturated heterocycles. The molecule has 4 bridgehead atoms. The van der Waals surface area contributed by atoms with Gasteiger partial charge in [-0.15, -0.1) is 0 Å². The highest BCUT2D eigenvalue weighted by Crippen LogP contribution is 2.55. The van der Waals surface area contributed by atoms with E-state index in [9.17, 15) is 9.90 Å². The lowest BCUT2D eigenvalue weighted by atomic mass is 9.52. The summed E-state index contributed by atoms with van der Waals surface area (Å²) in [6.07, 6.45) is 6.63. The maximum atomic E-state index is 12.9. The van der Waals surface area contributed by atoms with E-state index in [0.717, 1.165) is 25.7 Å². The average molecular weight is 399 g/mol. The molecule has 1 aromatic heterocycles. The van der Waals surface area contributed by atoms with E-state index >= 15 is 0 Å². The van der Waals surface area contributed by atoms with Crippen LogP contribution in [0.15, 0.2) is 42.6 Å². The normalized spacial score (nSPS) is 32.9. The molecule has 2 N–H and O–H groups in total. The van der Waals surface area contributed by atoms with E-state index in [4.69, 9.17) is 16.3 Å². The molecule has 4 saturated carbocycles. The standard InChI is InChI=1S/C22H23ClN2O3/c23-17-4-5-19(24-12-17)28-18-3-1-2-15(9-18)21(26)25-20-16-7-13-6-14(8-16)11-22(20,27)10-13/h1-5,9,12-14,16,20,27H,6-8,10-11H2,(H,25,26)/t13-,14?,16?,20-,22?/m0/s1. The number of benzene rings is 1. The van der Waals surface area contributed by atoms with E-state index < -0.39 is 5.60 Å². The van der Waals surface area contributed by atoms with Crippen molar-refractivity contribution in [3.63, 3.8) is 0 Å². The SMILES string of the molecule is O=C(N[C@H]1C2CC3C[C@@H](C2)CC1(O)C3)c1cccc(Oc2ccc(Cl)cn2)c1. The minimum atomic E-state index is -0.744. The Bertz CT molecular complexity index is 887. The highest BCUT2D eigenvalue weighted by atomic mass is 35.5. The predicted octanol–water partition coefficient (Wildman–Crippen LogP) is 4.20. The number of carbonyl (C=O) groups is 1. The molecule has 0 radical (unpaired) electrons. The summed E-state index contributed by atoms with van der Waals surface area (Å²) < 4.78 is 5.73. The molecule has 146 valence electrons. The number of ether oxygens (including phenoxy) is 1. The second kappa shape index (κ2) is 6.75. The molecule has 6 heteroatoms. The van der Waals surface area contributed by atoms with Gasteiger partial charge in [0, 0.05) is 17.8 Å². The van der Waals surface area contributed by atoms with E-state index in [2.05, 4.69) is 10.3 Å². The number of rotatable bonds is 4. The van der Waals surface area contributed by atoms with Crippen molar-refractivity contribution >= 4 is 17.5 Å². The molecule has 3 unspecified atom stereocenters. The summed E-state index contributed by atoms with van der Waals surface area (Å²) in [5, 5.41) is 14.8. The summed E-state index contributed by atoms with van der Waals surface area (Å²) in [5.74, 6) is 2.42. The number of pyridine rings is 1. The summed E-state index contributed by atoms with van der Waals surface area (Å²) in [4.78, 5) is 17.0. The molecule has 0 aliphatic heterocycles. The third kappa shape index (κ3) is 3.27. The van der Waals surface area contributed by atoms with E-state index in [-0.39, 0.29) is 11.9 Å². The molecule has 28 heavy (non-hydrogen) atoms. The van der Waals surface area contributed by atoms with Gasteiger partial charge in [0.05, 0.1) is 16.7 Å². The van der Waals surface area contributed by atoms with Gasteiger partial charge in [0.2, 0.25) is 5.88 Å². The summed E-state index contributed by atoms with van der Waals surface area (Å²) in [6, 6.07) is 10.3. The Labute approximate surface area is 169 Å². The number of aliphatic hydroxyl groups is 1. The maximum Gasteiger partial charge on any atom is 0.251 e. The van der Waals surface area contributed by atoms with Crippen LogP contribution in [0.2, 0.25) is 5.02 Å². The van der Waals surface area contributed by atoms with Gasteiger partial charge in [0.1, 0.15) is 5.75 Å². The van der Waals surface area contributed by atoms with Crippen LogP contribution in [0.5, 0.6) is 11.6 Å². The van der Waals surface area contributed by atoms with Crippen LogP contribution in [0, 0.1) is 17.8 Å². The van der Waals surface area contributed by atoms with Crippen molar-refractivity contribution in [3.8, 4) is 11.6 Å². The molecule has 1 heterocycles. The van der Waals surface area contributed by atoms with Crippen LogP contribution >= 0.6 is 11.6 Å². The Hall–Kier alpha value is -2.11. The number of aromatic nitrogens is 1. The van der Waals surface area contributed by atoms with E-state index in [1.807, 2.05) is 0 Å². The van der Waals surface area contributed by atoms with Crippen molar-refractivity contribution in [3.05, 3.63) is 53.2 Å². The molecule has 4 aliphatic carbocycles. The monoisotopic (exact) mass is 398 g/mol. The van der Waals surface area contributed by atoms with Crippen molar-refractivity contribution in [2.24, 2.45) is 17.8 Å². The Morgan fingerprint density at radius 3 is 2.64 bits per heavy atom. The maximum absolute atomic E-state index is 12.9. The number of nitrogens with zero attached hydrogens (tertiary/aromatic N) is 1. The fraction of sp³-hybridized carbons (Fsp3) is 0.455. The summed E-state index contributed by atoms with van der Waals surface area (Å²) in [5.41, 5.74) is -0.227. The van der Waals surface area contributed by atoms with Crippen LogP contribution in [0.1, 0.15) is 42.5 Å². The van der Waals surface area contributed by atoms with Crippen molar-refractivity contribution in [2.45, 2.75) is 43.7 Å². The van der Waals surface area contributed by atoms with Crippen molar-refractivity contribution in [1.29, 1.82) is 0 Å². The highest BCUT2D eigenvalue weighted by molar-refractivity contribution is 6.30. The van der Waals surface area contributed by atoms with Crippen LogP contribution in [-0.2, 0) is 0 Å². The van der Waals surface area contributed by atoms with Crippen LogP contribution < -0.4 is 10.1 Å².